The van der Waals surface area contributed by atoms with Crippen LogP contribution in [0.1, 0.15) is 162 Å². The van der Waals surface area contributed by atoms with E-state index in [2.05, 4.69) is 153 Å². The lowest BCUT2D eigenvalue weighted by atomic mass is 10.1. The number of carbonyl (C=O) groups excluding carboxylic acids is 1. The lowest BCUT2D eigenvalue weighted by molar-refractivity contribution is -0.870. The fourth-order valence-electron chi connectivity index (χ4n) is 6.24. The Morgan fingerprint density at radius 1 is 0.537 bits per heavy atom. The molecule has 67 heavy (non-hydrogen) atoms. The van der Waals surface area contributed by atoms with E-state index in [1.807, 2.05) is 27.2 Å². The maximum atomic E-state index is 12.8. The topological polar surface area (TPSA) is 108 Å². The van der Waals surface area contributed by atoms with Crippen LogP contribution in [0.3, 0.4) is 0 Å². The number of hydrogen-bond acceptors (Lipinski definition) is 6. The maximum absolute atomic E-state index is 12.8. The molecule has 9 heteroatoms. The molecule has 0 bridgehead atoms. The third-order valence-corrected chi connectivity index (χ3v) is 11.2. The van der Waals surface area contributed by atoms with Gasteiger partial charge in [-0.1, -0.05) is 198 Å². The molecule has 3 unspecified atom stereocenters. The fourth-order valence-corrected chi connectivity index (χ4v) is 6.96. The highest BCUT2D eigenvalue weighted by molar-refractivity contribution is 7.45. The number of quaternary nitrogens is 1. The SMILES string of the molecule is CC/C=C\C/C=C\C/C=C\C/C=C\C/C=C\C/C=C\C/C=C\C/C=C\C/C=C\C/C=C\CCCCCCCCC(=O)NC(COP(=O)([O-])OCC[N+](C)(C)C)C(O)/C=C/CC/C=C/CCCC. The Hall–Kier alpha value is -3.62. The molecule has 0 heterocycles. The Kier molecular flexibility index (Phi) is 44.9. The Morgan fingerprint density at radius 2 is 0.925 bits per heavy atom. The van der Waals surface area contributed by atoms with Gasteiger partial charge in [-0.3, -0.25) is 9.36 Å². The van der Waals surface area contributed by atoms with Gasteiger partial charge in [0.1, 0.15) is 13.2 Å². The number of hydrogen-bond donors (Lipinski definition) is 2. The molecule has 3 atom stereocenters. The number of amides is 1. The van der Waals surface area contributed by atoms with Crippen molar-refractivity contribution >= 4 is 13.7 Å². The number of allylic oxidation sites excluding steroid dienone is 23. The fraction of sp³-hybridized carbons (Fsp3) is 0.569. The zero-order valence-corrected chi connectivity index (χ0v) is 43.7. The van der Waals surface area contributed by atoms with E-state index >= 15 is 0 Å². The molecule has 0 aliphatic heterocycles. The predicted octanol–water partition coefficient (Wildman–Crippen LogP) is 14.7. The van der Waals surface area contributed by atoms with Gasteiger partial charge in [-0.05, 0) is 103 Å². The van der Waals surface area contributed by atoms with Gasteiger partial charge in [0.2, 0.25) is 5.91 Å². The number of unbranched alkanes of at least 4 members (excludes halogenated alkanes) is 9. The Bertz CT molecular complexity index is 1590. The maximum Gasteiger partial charge on any atom is 0.268 e. The number of phosphoric acid groups is 1. The number of aliphatic hydroxyl groups excluding tert-OH is 1. The van der Waals surface area contributed by atoms with Crippen molar-refractivity contribution in [2.45, 2.75) is 174 Å². The van der Waals surface area contributed by atoms with E-state index in [-0.39, 0.29) is 12.5 Å². The van der Waals surface area contributed by atoms with Gasteiger partial charge in [-0.15, -0.1) is 0 Å². The van der Waals surface area contributed by atoms with Crippen molar-refractivity contribution in [3.8, 4) is 0 Å². The second kappa shape index (κ2) is 47.4. The zero-order chi connectivity index (χ0) is 49.2. The summed E-state index contributed by atoms with van der Waals surface area (Å²) < 4.78 is 23.1. The van der Waals surface area contributed by atoms with Gasteiger partial charge in [-0.25, -0.2) is 0 Å². The number of phosphoric ester groups is 1. The normalized spacial score (nSPS) is 15.3. The molecule has 0 radical (unpaired) electrons. The van der Waals surface area contributed by atoms with Crippen LogP contribution >= 0.6 is 7.82 Å². The van der Waals surface area contributed by atoms with E-state index in [4.69, 9.17) is 9.05 Å². The third kappa shape index (κ3) is 50.1. The number of nitrogens with one attached hydrogen (secondary N) is 1. The highest BCUT2D eigenvalue weighted by Gasteiger charge is 2.23. The molecular weight excluding hydrogens is 852 g/mol. The third-order valence-electron chi connectivity index (χ3n) is 10.3. The lowest BCUT2D eigenvalue weighted by Crippen LogP contribution is -2.45. The second-order valence-corrected chi connectivity index (χ2v) is 19.2. The number of aliphatic hydroxyl groups is 1. The number of carbonyl (C=O) groups is 1. The standard InChI is InChI=1S/C58H95N2O6P/c1-6-8-10-12-14-16-17-18-19-20-21-22-23-24-25-26-27-28-29-30-31-32-33-34-35-36-37-38-39-40-41-42-43-44-46-48-50-52-58(62)59-56(55-66-67(63,64)65-54-53-60(3,4)5)57(61)51-49-47-45-15-13-11-9-7-2/h8,10,13-16,18-19,21-22,24-25,27-28,30-31,33-34,36-37,39-40,49,51,56-57,61H,6-7,9,11-12,17,20,23,26,29,32,35,38,41-48,50,52-55H2,1-5H3,(H-,59,62,63,64)/b10-8-,15-13+,16-14-,19-18-,22-21-,25-24-,28-27-,31-30-,34-33-,37-36-,40-39-,51-49+. The molecule has 8 nitrogen and oxygen atoms in total. The van der Waals surface area contributed by atoms with Crippen molar-refractivity contribution in [2.24, 2.45) is 0 Å². The average molecular weight is 947 g/mol. The van der Waals surface area contributed by atoms with E-state index < -0.39 is 26.6 Å². The van der Waals surface area contributed by atoms with Crippen molar-refractivity contribution in [3.63, 3.8) is 0 Å². The largest absolute Gasteiger partial charge is 0.756 e. The van der Waals surface area contributed by atoms with Crippen LogP contribution in [0, 0.1) is 0 Å². The average Bonchev–Trinajstić information content (AvgIpc) is 3.29. The quantitative estimate of drug-likeness (QED) is 0.0273. The monoisotopic (exact) mass is 947 g/mol. The van der Waals surface area contributed by atoms with E-state index in [0.717, 1.165) is 135 Å². The summed E-state index contributed by atoms with van der Waals surface area (Å²) >= 11 is 0. The van der Waals surface area contributed by atoms with Crippen LogP contribution in [0.2, 0.25) is 0 Å². The molecule has 0 aromatic rings. The summed E-state index contributed by atoms with van der Waals surface area (Å²) in [6, 6.07) is -0.919. The van der Waals surface area contributed by atoms with Crippen LogP contribution in [0.15, 0.2) is 146 Å². The lowest BCUT2D eigenvalue weighted by Gasteiger charge is -2.29. The zero-order valence-electron chi connectivity index (χ0n) is 42.8. The first-order chi connectivity index (χ1) is 32.5. The van der Waals surface area contributed by atoms with Crippen molar-refractivity contribution in [2.75, 3.05) is 40.9 Å². The van der Waals surface area contributed by atoms with Crippen LogP contribution in [0.5, 0.6) is 0 Å². The smallest absolute Gasteiger partial charge is 0.268 e. The molecule has 0 fully saturated rings. The summed E-state index contributed by atoms with van der Waals surface area (Å²) in [5.74, 6) is -0.234. The number of rotatable bonds is 44. The first-order valence-corrected chi connectivity index (χ1v) is 27.2. The Morgan fingerprint density at radius 3 is 1.39 bits per heavy atom. The molecule has 0 saturated carbocycles. The van der Waals surface area contributed by atoms with Crippen LogP contribution in [0.25, 0.3) is 0 Å². The first kappa shape index (κ1) is 63.4. The molecular formula is C58H95N2O6P. The van der Waals surface area contributed by atoms with Crippen LogP contribution in [-0.2, 0) is 18.4 Å². The molecule has 0 aromatic carbocycles. The number of nitrogens with zero attached hydrogens (tertiary/aromatic N) is 1. The summed E-state index contributed by atoms with van der Waals surface area (Å²) in [6.45, 7) is 4.38. The minimum Gasteiger partial charge on any atom is -0.756 e. The van der Waals surface area contributed by atoms with Crippen LogP contribution < -0.4 is 10.2 Å². The van der Waals surface area contributed by atoms with Gasteiger partial charge in [0.25, 0.3) is 7.82 Å². The molecule has 2 N–H and O–H groups in total. The van der Waals surface area contributed by atoms with Gasteiger partial charge in [-0.2, -0.15) is 0 Å². The van der Waals surface area contributed by atoms with E-state index in [1.54, 1.807) is 6.08 Å². The van der Waals surface area contributed by atoms with Crippen LogP contribution in [-0.4, -0.2) is 68.5 Å². The number of likely N-dealkylation sites (N-methyl/N-ethyl adjacent to an activating group) is 1. The molecule has 0 aliphatic carbocycles. The van der Waals surface area contributed by atoms with Gasteiger partial charge in [0, 0.05) is 6.42 Å². The second-order valence-electron chi connectivity index (χ2n) is 17.8. The van der Waals surface area contributed by atoms with Crippen molar-refractivity contribution < 1.29 is 32.9 Å². The molecule has 0 rings (SSSR count). The van der Waals surface area contributed by atoms with E-state index in [0.29, 0.717) is 17.4 Å². The predicted molar refractivity (Wildman–Crippen MR) is 288 cm³/mol. The van der Waals surface area contributed by atoms with Gasteiger partial charge < -0.3 is 28.8 Å². The van der Waals surface area contributed by atoms with E-state index in [9.17, 15) is 19.4 Å². The summed E-state index contributed by atoms with van der Waals surface area (Å²) in [6.07, 6.45) is 73.7. The van der Waals surface area contributed by atoms with Gasteiger partial charge in [0.05, 0.1) is 39.9 Å². The highest BCUT2D eigenvalue weighted by atomic mass is 31.2. The molecule has 1 amide bonds. The van der Waals surface area contributed by atoms with Gasteiger partial charge in [0.15, 0.2) is 0 Å². The molecule has 378 valence electrons. The van der Waals surface area contributed by atoms with E-state index in [1.165, 1.54) is 6.42 Å². The molecule has 0 saturated heterocycles. The van der Waals surface area contributed by atoms with Crippen molar-refractivity contribution in [3.05, 3.63) is 146 Å². The highest BCUT2D eigenvalue weighted by Crippen LogP contribution is 2.38. The minimum atomic E-state index is -4.60. The molecule has 0 spiro atoms. The molecule has 0 aromatic heterocycles. The Labute approximate surface area is 410 Å². The summed E-state index contributed by atoms with van der Waals surface area (Å²) in [4.78, 5) is 25.2. The summed E-state index contributed by atoms with van der Waals surface area (Å²) in [5.41, 5.74) is 0. The Balaban J connectivity index is 4.13. The summed E-state index contributed by atoms with van der Waals surface area (Å²) in [7, 11) is 1.20. The van der Waals surface area contributed by atoms with Crippen LogP contribution in [0.4, 0.5) is 0 Å². The summed E-state index contributed by atoms with van der Waals surface area (Å²) in [5, 5.41) is 13.7. The van der Waals surface area contributed by atoms with Crippen molar-refractivity contribution in [1.29, 1.82) is 0 Å². The molecule has 0 aliphatic rings. The first-order valence-electron chi connectivity index (χ1n) is 25.7. The van der Waals surface area contributed by atoms with Crippen molar-refractivity contribution in [1.82, 2.24) is 5.32 Å². The van der Waals surface area contributed by atoms with Gasteiger partial charge >= 0.3 is 0 Å². The minimum absolute atomic E-state index is 0.0182.